The van der Waals surface area contributed by atoms with Gasteiger partial charge in [-0.1, -0.05) is 42.5 Å². The third kappa shape index (κ3) is 2.98. The molecule has 0 N–H and O–H groups in total. The number of hydrogen-bond donors (Lipinski definition) is 0. The van der Waals surface area contributed by atoms with E-state index >= 15 is 0 Å². The van der Waals surface area contributed by atoms with Crippen LogP contribution < -0.4 is 0 Å². The molecule has 0 unspecified atom stereocenters. The minimum atomic E-state index is 0.698. The van der Waals surface area contributed by atoms with E-state index in [-0.39, 0.29) is 0 Å². The molecule has 0 spiro atoms. The number of para-hydroxylation sites is 1. The van der Waals surface area contributed by atoms with Crippen LogP contribution in [0.3, 0.4) is 0 Å². The van der Waals surface area contributed by atoms with E-state index in [4.69, 9.17) is 14.4 Å². The Balaban J connectivity index is 1.45. The van der Waals surface area contributed by atoms with Crippen molar-refractivity contribution in [1.29, 1.82) is 0 Å². The number of furan rings is 1. The lowest BCUT2D eigenvalue weighted by molar-refractivity contribution is 0.652. The zero-order valence-corrected chi connectivity index (χ0v) is 16.8. The summed E-state index contributed by atoms with van der Waals surface area (Å²) < 4.78 is 6.31. The fourth-order valence-corrected chi connectivity index (χ4v) is 4.58. The molecule has 5 aromatic rings. The smallest absolute Gasteiger partial charge is 0.227 e. The highest BCUT2D eigenvalue weighted by molar-refractivity contribution is 6.08. The number of aromatic nitrogens is 2. The number of nitrogens with zero attached hydrogens (tertiary/aromatic N) is 2. The summed E-state index contributed by atoms with van der Waals surface area (Å²) in [6, 6.07) is 23.2. The van der Waals surface area contributed by atoms with Crippen LogP contribution in [0.5, 0.6) is 0 Å². The van der Waals surface area contributed by atoms with Crippen LogP contribution in [0, 0.1) is 0 Å². The third-order valence-electron chi connectivity index (χ3n) is 6.15. The second-order valence-corrected chi connectivity index (χ2v) is 8.15. The molecule has 0 radical (unpaired) electrons. The number of aryl methyl sites for hydroxylation is 2. The lowest BCUT2D eigenvalue weighted by Crippen LogP contribution is -2.03. The summed E-state index contributed by atoms with van der Waals surface area (Å²) in [7, 11) is 0. The van der Waals surface area contributed by atoms with E-state index in [0.29, 0.717) is 5.71 Å². The van der Waals surface area contributed by atoms with Gasteiger partial charge in [-0.3, -0.25) is 4.98 Å². The third-order valence-corrected chi connectivity index (χ3v) is 6.15. The Bertz CT molecular complexity index is 1370. The maximum Gasteiger partial charge on any atom is 0.227 e. The van der Waals surface area contributed by atoms with E-state index in [1.807, 2.05) is 6.07 Å². The van der Waals surface area contributed by atoms with Crippen molar-refractivity contribution in [2.75, 3.05) is 0 Å². The average Bonchev–Trinajstić information content (AvgIpc) is 3.17. The van der Waals surface area contributed by atoms with Gasteiger partial charge in [0.2, 0.25) is 5.71 Å². The molecule has 1 aliphatic carbocycles. The highest BCUT2D eigenvalue weighted by Gasteiger charge is 2.16. The van der Waals surface area contributed by atoms with Gasteiger partial charge in [0.05, 0.1) is 5.69 Å². The molecule has 0 amide bonds. The Kier molecular flexibility index (Phi) is 4.12. The molecule has 3 heteroatoms. The van der Waals surface area contributed by atoms with E-state index in [9.17, 15) is 0 Å². The van der Waals surface area contributed by atoms with Crippen molar-refractivity contribution < 1.29 is 4.42 Å². The fourth-order valence-electron chi connectivity index (χ4n) is 4.58. The van der Waals surface area contributed by atoms with Gasteiger partial charge in [-0.15, -0.1) is 0 Å². The van der Waals surface area contributed by atoms with Crippen molar-refractivity contribution in [3.8, 4) is 11.3 Å². The highest BCUT2D eigenvalue weighted by atomic mass is 16.3. The summed E-state index contributed by atoms with van der Waals surface area (Å²) >= 11 is 0. The molecule has 0 atom stereocenters. The Morgan fingerprint density at radius 2 is 1.67 bits per heavy atom. The Hall–Kier alpha value is -3.46. The first kappa shape index (κ1) is 17.4. The minimum absolute atomic E-state index is 0.698. The SMILES string of the molecule is c1ccc(Cc2ccc3c(n2)oc2c(-c4cc5c(cn4)CCCC5)cccc23)cc1. The van der Waals surface area contributed by atoms with Crippen LogP contribution in [0.1, 0.15) is 35.2 Å². The van der Waals surface area contributed by atoms with Gasteiger partial charge in [0.1, 0.15) is 5.58 Å². The molecule has 2 aromatic carbocycles. The van der Waals surface area contributed by atoms with Gasteiger partial charge in [0.25, 0.3) is 0 Å². The molecular weight excluding hydrogens is 368 g/mol. The lowest BCUT2D eigenvalue weighted by atomic mass is 9.92. The number of hydrogen-bond acceptors (Lipinski definition) is 3. The zero-order valence-electron chi connectivity index (χ0n) is 16.8. The van der Waals surface area contributed by atoms with Crippen LogP contribution in [0.15, 0.2) is 77.3 Å². The molecule has 0 fully saturated rings. The molecule has 0 aliphatic heterocycles. The van der Waals surface area contributed by atoms with Gasteiger partial charge in [0, 0.05) is 34.6 Å². The van der Waals surface area contributed by atoms with Crippen molar-refractivity contribution in [1.82, 2.24) is 9.97 Å². The summed E-state index contributed by atoms with van der Waals surface area (Å²) in [5.41, 5.74) is 8.70. The van der Waals surface area contributed by atoms with Crippen molar-refractivity contribution in [2.45, 2.75) is 32.1 Å². The summed E-state index contributed by atoms with van der Waals surface area (Å²) in [4.78, 5) is 9.60. The summed E-state index contributed by atoms with van der Waals surface area (Å²) in [6.45, 7) is 0. The van der Waals surface area contributed by atoms with Crippen LogP contribution in [-0.4, -0.2) is 9.97 Å². The molecule has 0 saturated carbocycles. The number of pyridine rings is 2. The Morgan fingerprint density at radius 3 is 2.57 bits per heavy atom. The average molecular weight is 390 g/mol. The molecule has 30 heavy (non-hydrogen) atoms. The standard InChI is InChI=1S/C27H22N2O/c1-2-7-18(8-3-1)15-21-13-14-23-22-11-6-12-24(26(22)30-27(23)29-21)25-16-19-9-4-5-10-20(19)17-28-25/h1-3,6-8,11-14,16-17H,4-5,9-10,15H2. The normalized spacial score (nSPS) is 13.6. The maximum absolute atomic E-state index is 6.31. The second-order valence-electron chi connectivity index (χ2n) is 8.15. The molecule has 3 aromatic heterocycles. The molecule has 146 valence electrons. The van der Waals surface area contributed by atoms with Gasteiger partial charge in [-0.2, -0.15) is 0 Å². The number of fused-ring (bicyclic) bond motifs is 4. The zero-order chi connectivity index (χ0) is 19.9. The molecular formula is C27H22N2O. The maximum atomic E-state index is 6.31. The van der Waals surface area contributed by atoms with Crippen LogP contribution >= 0.6 is 0 Å². The summed E-state index contributed by atoms with van der Waals surface area (Å²) in [6.07, 6.45) is 7.68. The molecule has 1 aliphatic rings. The molecule has 0 bridgehead atoms. The first-order chi connectivity index (χ1) is 14.8. The highest BCUT2D eigenvalue weighted by Crippen LogP contribution is 2.35. The van der Waals surface area contributed by atoms with Gasteiger partial charge in [-0.05, 0) is 66.6 Å². The Labute approximate surface area is 175 Å². The largest absolute Gasteiger partial charge is 0.437 e. The minimum Gasteiger partial charge on any atom is -0.437 e. The van der Waals surface area contributed by atoms with Gasteiger partial charge < -0.3 is 4.42 Å². The first-order valence-electron chi connectivity index (χ1n) is 10.7. The van der Waals surface area contributed by atoms with Gasteiger partial charge in [-0.25, -0.2) is 4.98 Å². The first-order valence-corrected chi connectivity index (χ1v) is 10.7. The summed E-state index contributed by atoms with van der Waals surface area (Å²) in [5.74, 6) is 0. The number of rotatable bonds is 3. The van der Waals surface area contributed by atoms with Crippen molar-refractivity contribution >= 4 is 22.1 Å². The van der Waals surface area contributed by atoms with E-state index in [0.717, 1.165) is 52.6 Å². The number of benzene rings is 2. The van der Waals surface area contributed by atoms with Crippen LogP contribution in [0.25, 0.3) is 33.3 Å². The quantitative estimate of drug-likeness (QED) is 0.352. The Morgan fingerprint density at radius 1 is 0.800 bits per heavy atom. The molecule has 6 rings (SSSR count). The van der Waals surface area contributed by atoms with Crippen LogP contribution in [0.4, 0.5) is 0 Å². The molecule has 3 heterocycles. The van der Waals surface area contributed by atoms with Gasteiger partial charge in [0.15, 0.2) is 0 Å². The van der Waals surface area contributed by atoms with Crippen LogP contribution in [0.2, 0.25) is 0 Å². The van der Waals surface area contributed by atoms with Crippen molar-refractivity contribution in [2.24, 2.45) is 0 Å². The van der Waals surface area contributed by atoms with E-state index < -0.39 is 0 Å². The summed E-state index contributed by atoms with van der Waals surface area (Å²) in [5, 5.41) is 2.16. The topological polar surface area (TPSA) is 38.9 Å². The van der Waals surface area contributed by atoms with Crippen molar-refractivity contribution in [3.63, 3.8) is 0 Å². The predicted molar refractivity (Wildman–Crippen MR) is 121 cm³/mol. The van der Waals surface area contributed by atoms with Crippen molar-refractivity contribution in [3.05, 3.63) is 95.3 Å². The molecule has 0 saturated heterocycles. The molecule has 3 nitrogen and oxygen atoms in total. The van der Waals surface area contributed by atoms with Crippen LogP contribution in [-0.2, 0) is 19.3 Å². The van der Waals surface area contributed by atoms with E-state index in [2.05, 4.69) is 66.9 Å². The monoisotopic (exact) mass is 390 g/mol. The van der Waals surface area contributed by atoms with E-state index in [1.165, 1.54) is 29.5 Å². The fraction of sp³-hybridized carbons (Fsp3) is 0.185. The second kappa shape index (κ2) is 7.10. The predicted octanol–water partition coefficient (Wildman–Crippen LogP) is 6.51. The van der Waals surface area contributed by atoms with Gasteiger partial charge >= 0.3 is 0 Å². The lowest BCUT2D eigenvalue weighted by Gasteiger charge is -2.15. The van der Waals surface area contributed by atoms with E-state index in [1.54, 1.807) is 0 Å².